The second-order valence-electron chi connectivity index (χ2n) is 8.06. The molecule has 0 spiro atoms. The molecule has 0 aliphatic rings. The van der Waals surface area contributed by atoms with Gasteiger partial charge in [-0.1, -0.05) is 41.9 Å². The molecule has 0 aliphatic heterocycles. The molecule has 0 fully saturated rings. The lowest BCUT2D eigenvalue weighted by Gasteiger charge is -2.21. The highest BCUT2D eigenvalue weighted by atomic mass is 35.5. The van der Waals surface area contributed by atoms with Crippen LogP contribution in [0.2, 0.25) is 5.02 Å². The van der Waals surface area contributed by atoms with Crippen molar-refractivity contribution < 1.29 is 14.0 Å². The summed E-state index contributed by atoms with van der Waals surface area (Å²) >= 11 is 6.15. The van der Waals surface area contributed by atoms with Gasteiger partial charge >= 0.3 is 0 Å². The van der Waals surface area contributed by atoms with E-state index in [1.54, 1.807) is 42.5 Å². The van der Waals surface area contributed by atoms with Gasteiger partial charge in [-0.3, -0.25) is 23.9 Å². The molecule has 0 saturated carbocycles. The van der Waals surface area contributed by atoms with Gasteiger partial charge in [-0.25, -0.2) is 9.37 Å². The minimum Gasteiger partial charge on any atom is -0.324 e. The van der Waals surface area contributed by atoms with Crippen LogP contribution in [0.25, 0.3) is 11.0 Å². The maximum atomic E-state index is 13.5. The van der Waals surface area contributed by atoms with Crippen LogP contribution in [-0.4, -0.2) is 21.4 Å². The van der Waals surface area contributed by atoms with Gasteiger partial charge in [-0.05, 0) is 54.4 Å². The number of nitrogens with one attached hydrogen (secondary N) is 1. The van der Waals surface area contributed by atoms with Crippen LogP contribution in [0.4, 0.5) is 15.9 Å². The van der Waals surface area contributed by atoms with Crippen molar-refractivity contribution in [2.24, 2.45) is 0 Å². The fraction of sp³-hybridized carbons (Fsp3) is 0.154. The highest BCUT2D eigenvalue weighted by molar-refractivity contribution is 6.31. The molecule has 4 aromatic rings. The van der Waals surface area contributed by atoms with E-state index in [0.717, 1.165) is 5.56 Å². The number of aryl methyl sites for hydroxylation is 1. The molecule has 1 N–H and O–H groups in total. The Hall–Kier alpha value is -4.04. The third-order valence-corrected chi connectivity index (χ3v) is 5.89. The molecule has 4 rings (SSSR count). The van der Waals surface area contributed by atoms with Gasteiger partial charge in [0.15, 0.2) is 0 Å². The van der Waals surface area contributed by atoms with Crippen LogP contribution >= 0.6 is 11.6 Å². The molecule has 0 unspecified atom stereocenters. The zero-order valence-electron chi connectivity index (χ0n) is 19.1. The zero-order valence-corrected chi connectivity index (χ0v) is 19.8. The molecular weight excluding hydrogens is 471 g/mol. The Morgan fingerprint density at radius 3 is 2.49 bits per heavy atom. The van der Waals surface area contributed by atoms with Gasteiger partial charge in [0.25, 0.3) is 5.56 Å². The highest BCUT2D eigenvalue weighted by Gasteiger charge is 2.22. The first-order valence-electron chi connectivity index (χ1n) is 10.8. The highest BCUT2D eigenvalue weighted by Crippen LogP contribution is 2.21. The number of amides is 2. The van der Waals surface area contributed by atoms with Gasteiger partial charge in [0.2, 0.25) is 17.6 Å². The molecule has 0 atom stereocenters. The molecule has 1 aromatic heterocycles. The fourth-order valence-corrected chi connectivity index (χ4v) is 3.81. The number of fused-ring (bicyclic) bond motifs is 1. The lowest BCUT2D eigenvalue weighted by atomic mass is 10.2. The summed E-state index contributed by atoms with van der Waals surface area (Å²) in [6, 6.07) is 17.6. The van der Waals surface area contributed by atoms with Gasteiger partial charge in [0.1, 0.15) is 12.4 Å². The van der Waals surface area contributed by atoms with E-state index in [4.69, 9.17) is 11.6 Å². The Morgan fingerprint density at radius 1 is 1.09 bits per heavy atom. The first-order valence-corrected chi connectivity index (χ1v) is 11.2. The first kappa shape index (κ1) is 24.1. The molecule has 0 radical (unpaired) electrons. The molecule has 3 aromatic carbocycles. The number of hydrogen-bond donors (Lipinski definition) is 1. The van der Waals surface area contributed by atoms with Crippen molar-refractivity contribution >= 4 is 46.0 Å². The van der Waals surface area contributed by atoms with E-state index < -0.39 is 23.2 Å². The van der Waals surface area contributed by atoms with E-state index >= 15 is 0 Å². The third-order valence-electron chi connectivity index (χ3n) is 5.48. The predicted molar refractivity (Wildman–Crippen MR) is 134 cm³/mol. The molecule has 178 valence electrons. The number of carbonyl (C=O) groups is 2. The third kappa shape index (κ3) is 5.38. The van der Waals surface area contributed by atoms with E-state index in [0.29, 0.717) is 27.3 Å². The van der Waals surface area contributed by atoms with E-state index in [2.05, 4.69) is 10.3 Å². The second kappa shape index (κ2) is 10.1. The van der Waals surface area contributed by atoms with E-state index in [9.17, 15) is 18.8 Å². The minimum atomic E-state index is -0.599. The largest absolute Gasteiger partial charge is 0.324 e. The number of nitrogens with zero attached hydrogens (tertiary/aromatic N) is 3. The topological polar surface area (TPSA) is 84.3 Å². The predicted octanol–water partition coefficient (Wildman–Crippen LogP) is 4.69. The summed E-state index contributed by atoms with van der Waals surface area (Å²) in [6.45, 7) is 2.88. The van der Waals surface area contributed by atoms with Crippen LogP contribution in [0.3, 0.4) is 0 Å². The summed E-state index contributed by atoms with van der Waals surface area (Å²) in [5.41, 5.74) is 2.28. The van der Waals surface area contributed by atoms with E-state index in [-0.39, 0.29) is 18.9 Å². The summed E-state index contributed by atoms with van der Waals surface area (Å²) in [4.78, 5) is 44.5. The monoisotopic (exact) mass is 492 g/mol. The van der Waals surface area contributed by atoms with Crippen LogP contribution in [-0.2, 0) is 22.7 Å². The van der Waals surface area contributed by atoms with Crippen LogP contribution in [0.15, 0.2) is 71.5 Å². The van der Waals surface area contributed by atoms with Gasteiger partial charge in [-0.15, -0.1) is 0 Å². The maximum absolute atomic E-state index is 13.5. The maximum Gasteiger partial charge on any atom is 0.294 e. The zero-order chi connectivity index (χ0) is 25.1. The van der Waals surface area contributed by atoms with Gasteiger partial charge in [-0.2, -0.15) is 0 Å². The standard InChI is InChI=1S/C26H22ClFN4O3/c1-16-7-12-20(13-21(16)27)29-24(34)15-32-23-6-4-3-5-22(23)30-25(26(32)35)31(17(2)33)14-18-8-10-19(28)11-9-18/h3-13H,14-15H2,1-2H3,(H,29,34). The molecular formula is C26H22ClFN4O3. The SMILES string of the molecule is CC(=O)N(Cc1ccc(F)cc1)c1nc2ccccc2n(CC(=O)Nc2ccc(C)c(Cl)c2)c1=O. The summed E-state index contributed by atoms with van der Waals surface area (Å²) in [6.07, 6.45) is 0. The summed E-state index contributed by atoms with van der Waals surface area (Å²) in [7, 11) is 0. The van der Waals surface area contributed by atoms with Gasteiger partial charge in [0, 0.05) is 17.6 Å². The fourth-order valence-electron chi connectivity index (χ4n) is 3.63. The second-order valence-corrected chi connectivity index (χ2v) is 8.47. The minimum absolute atomic E-state index is 0.0181. The Labute approximate surface area is 205 Å². The van der Waals surface area contributed by atoms with Crippen molar-refractivity contribution in [2.45, 2.75) is 26.9 Å². The summed E-state index contributed by atoms with van der Waals surface area (Å²) in [5, 5.41) is 3.26. The molecule has 2 amide bonds. The number of para-hydroxylation sites is 2. The number of carbonyl (C=O) groups excluding carboxylic acids is 2. The van der Waals surface area contributed by atoms with Gasteiger partial charge < -0.3 is 5.32 Å². The van der Waals surface area contributed by atoms with Crippen molar-refractivity contribution in [1.29, 1.82) is 0 Å². The van der Waals surface area contributed by atoms with Crippen molar-refractivity contribution in [2.75, 3.05) is 10.2 Å². The molecule has 1 heterocycles. The lowest BCUT2D eigenvalue weighted by molar-refractivity contribution is -0.117. The molecule has 35 heavy (non-hydrogen) atoms. The number of hydrogen-bond acceptors (Lipinski definition) is 4. The number of anilines is 2. The number of aromatic nitrogens is 2. The molecule has 0 bridgehead atoms. The van der Waals surface area contributed by atoms with E-state index in [1.165, 1.54) is 40.7 Å². The smallest absolute Gasteiger partial charge is 0.294 e. The van der Waals surface area contributed by atoms with Crippen LogP contribution in [0.1, 0.15) is 18.1 Å². The quantitative estimate of drug-likeness (QED) is 0.423. The number of benzene rings is 3. The van der Waals surface area contributed by atoms with Crippen molar-refractivity contribution in [3.05, 3.63) is 99.1 Å². The summed E-state index contributed by atoms with van der Waals surface area (Å²) < 4.78 is 14.6. The number of halogens is 2. The van der Waals surface area contributed by atoms with E-state index in [1.807, 2.05) is 6.92 Å². The normalized spacial score (nSPS) is 10.9. The average molecular weight is 493 g/mol. The van der Waals surface area contributed by atoms with Crippen molar-refractivity contribution in [3.63, 3.8) is 0 Å². The van der Waals surface area contributed by atoms with Crippen molar-refractivity contribution in [3.8, 4) is 0 Å². The Balaban J connectivity index is 1.72. The van der Waals surface area contributed by atoms with Crippen LogP contribution < -0.4 is 15.8 Å². The Morgan fingerprint density at radius 2 is 1.80 bits per heavy atom. The van der Waals surface area contributed by atoms with Crippen LogP contribution in [0.5, 0.6) is 0 Å². The van der Waals surface area contributed by atoms with Crippen molar-refractivity contribution in [1.82, 2.24) is 9.55 Å². The Kier molecular flexibility index (Phi) is 6.93. The lowest BCUT2D eigenvalue weighted by Crippen LogP contribution is -2.38. The van der Waals surface area contributed by atoms with Crippen LogP contribution in [0, 0.1) is 12.7 Å². The number of rotatable bonds is 6. The van der Waals surface area contributed by atoms with Gasteiger partial charge in [0.05, 0.1) is 17.6 Å². The average Bonchev–Trinajstić information content (AvgIpc) is 2.82. The first-order chi connectivity index (χ1) is 16.7. The summed E-state index contributed by atoms with van der Waals surface area (Å²) in [5.74, 6) is -1.39. The molecule has 9 heteroatoms. The molecule has 7 nitrogen and oxygen atoms in total. The molecule has 0 aliphatic carbocycles. The molecule has 0 saturated heterocycles. The Bertz CT molecular complexity index is 1480.